The Labute approximate surface area is 75.6 Å². The van der Waals surface area contributed by atoms with Crippen LogP contribution in [0.4, 0.5) is 0 Å². The lowest BCUT2D eigenvalue weighted by molar-refractivity contribution is 0.259. The highest BCUT2D eigenvalue weighted by molar-refractivity contribution is 7.13. The molecule has 2 rings (SSSR count). The summed E-state index contributed by atoms with van der Waals surface area (Å²) in [7, 11) is 1.63. The molecule has 0 aliphatic heterocycles. The van der Waals surface area contributed by atoms with Gasteiger partial charge in [0.25, 0.3) is 5.19 Å². The molecule has 1 aromatic heterocycles. The summed E-state index contributed by atoms with van der Waals surface area (Å²) in [4.78, 5) is 5.26. The number of nitrogens with zero attached hydrogens (tertiary/aromatic N) is 1. The summed E-state index contributed by atoms with van der Waals surface area (Å²) >= 11 is 1.56. The number of rotatable bonds is 2. The molecule has 0 saturated heterocycles. The van der Waals surface area contributed by atoms with E-state index in [1.165, 1.54) is 6.42 Å². The lowest BCUT2D eigenvalue weighted by Crippen LogP contribution is -2.42. The third-order valence-corrected chi connectivity index (χ3v) is 3.57. The highest BCUT2D eigenvalue weighted by atomic mass is 32.1. The Morgan fingerprint density at radius 2 is 2.42 bits per heavy atom. The van der Waals surface area contributed by atoms with E-state index in [9.17, 15) is 0 Å². The van der Waals surface area contributed by atoms with Crippen molar-refractivity contribution in [2.45, 2.75) is 24.8 Å². The fourth-order valence-corrected chi connectivity index (χ4v) is 2.28. The minimum absolute atomic E-state index is 0.0888. The minimum atomic E-state index is -0.0888. The monoisotopic (exact) mass is 184 g/mol. The molecule has 1 fully saturated rings. The second-order valence-corrected chi connectivity index (χ2v) is 4.20. The van der Waals surface area contributed by atoms with Crippen molar-refractivity contribution < 1.29 is 4.74 Å². The van der Waals surface area contributed by atoms with Gasteiger partial charge in [-0.05, 0) is 19.3 Å². The SMILES string of the molecule is COc1ncc(C2(N)CCC2)s1. The summed E-state index contributed by atoms with van der Waals surface area (Å²) in [6.07, 6.45) is 5.23. The molecule has 0 aromatic carbocycles. The molecule has 4 heteroatoms. The first-order chi connectivity index (χ1) is 5.74. The summed E-state index contributed by atoms with van der Waals surface area (Å²) < 4.78 is 5.01. The van der Waals surface area contributed by atoms with Crippen molar-refractivity contribution in [3.63, 3.8) is 0 Å². The Hall–Kier alpha value is -0.610. The first-order valence-corrected chi connectivity index (χ1v) is 4.85. The Morgan fingerprint density at radius 1 is 1.67 bits per heavy atom. The van der Waals surface area contributed by atoms with Gasteiger partial charge in [0, 0.05) is 11.1 Å². The van der Waals surface area contributed by atoms with E-state index in [4.69, 9.17) is 10.5 Å². The second kappa shape index (κ2) is 2.71. The number of methoxy groups -OCH3 is 1. The lowest BCUT2D eigenvalue weighted by atomic mass is 9.77. The Kier molecular flexibility index (Phi) is 1.81. The highest BCUT2D eigenvalue weighted by Crippen LogP contribution is 2.42. The van der Waals surface area contributed by atoms with Gasteiger partial charge in [-0.3, -0.25) is 0 Å². The number of hydrogen-bond donors (Lipinski definition) is 1. The van der Waals surface area contributed by atoms with Gasteiger partial charge in [-0.15, -0.1) is 0 Å². The molecular formula is C8H12N2OS. The topological polar surface area (TPSA) is 48.1 Å². The molecule has 1 aliphatic carbocycles. The first kappa shape index (κ1) is 8.01. The fraction of sp³-hybridized carbons (Fsp3) is 0.625. The maximum atomic E-state index is 6.11. The van der Waals surface area contributed by atoms with Crippen LogP contribution < -0.4 is 10.5 Å². The van der Waals surface area contributed by atoms with Crippen molar-refractivity contribution in [1.29, 1.82) is 0 Å². The second-order valence-electron chi connectivity index (χ2n) is 3.20. The molecule has 2 N–H and O–H groups in total. The molecule has 0 bridgehead atoms. The van der Waals surface area contributed by atoms with Crippen LogP contribution in [0.5, 0.6) is 5.19 Å². The van der Waals surface area contributed by atoms with Crippen LogP contribution in [0.15, 0.2) is 6.20 Å². The van der Waals surface area contributed by atoms with Crippen molar-refractivity contribution in [1.82, 2.24) is 4.98 Å². The van der Waals surface area contributed by atoms with Gasteiger partial charge in [-0.25, -0.2) is 4.98 Å². The molecule has 1 heterocycles. The van der Waals surface area contributed by atoms with Crippen molar-refractivity contribution >= 4 is 11.3 Å². The fourth-order valence-electron chi connectivity index (χ4n) is 1.39. The third kappa shape index (κ3) is 1.11. The summed E-state index contributed by atoms with van der Waals surface area (Å²) in [5.41, 5.74) is 6.02. The minimum Gasteiger partial charge on any atom is -0.473 e. The molecule has 1 saturated carbocycles. The normalized spacial score (nSPS) is 20.2. The average Bonchev–Trinajstić information content (AvgIpc) is 2.48. The Morgan fingerprint density at radius 3 is 2.83 bits per heavy atom. The van der Waals surface area contributed by atoms with Gasteiger partial charge in [0.2, 0.25) is 0 Å². The summed E-state index contributed by atoms with van der Waals surface area (Å²) in [6, 6.07) is 0. The lowest BCUT2D eigenvalue weighted by Gasteiger charge is -2.36. The molecule has 1 aromatic rings. The Balaban J connectivity index is 2.22. The van der Waals surface area contributed by atoms with Crippen molar-refractivity contribution in [2.75, 3.05) is 7.11 Å². The van der Waals surface area contributed by atoms with E-state index in [-0.39, 0.29) is 5.54 Å². The van der Waals surface area contributed by atoms with E-state index in [0.717, 1.165) is 17.7 Å². The van der Waals surface area contributed by atoms with Crippen LogP contribution in [-0.2, 0) is 5.54 Å². The smallest absolute Gasteiger partial charge is 0.273 e. The molecule has 0 spiro atoms. The molecule has 3 nitrogen and oxygen atoms in total. The van der Waals surface area contributed by atoms with Crippen LogP contribution in [0.25, 0.3) is 0 Å². The van der Waals surface area contributed by atoms with Crippen LogP contribution in [-0.4, -0.2) is 12.1 Å². The molecular weight excluding hydrogens is 172 g/mol. The molecule has 0 unspecified atom stereocenters. The van der Waals surface area contributed by atoms with Crippen LogP contribution in [0, 0.1) is 0 Å². The molecule has 1 aliphatic rings. The van der Waals surface area contributed by atoms with Gasteiger partial charge in [-0.2, -0.15) is 0 Å². The van der Waals surface area contributed by atoms with E-state index in [0.29, 0.717) is 5.19 Å². The Bertz CT molecular complexity index is 280. The number of thiazole rings is 1. The molecule has 0 radical (unpaired) electrons. The zero-order valence-corrected chi connectivity index (χ0v) is 7.86. The predicted molar refractivity (Wildman–Crippen MR) is 48.4 cm³/mol. The zero-order chi connectivity index (χ0) is 8.60. The molecule has 0 atom stereocenters. The summed E-state index contributed by atoms with van der Waals surface area (Å²) in [5, 5.41) is 0.710. The number of aromatic nitrogens is 1. The van der Waals surface area contributed by atoms with Gasteiger partial charge in [-0.1, -0.05) is 11.3 Å². The first-order valence-electron chi connectivity index (χ1n) is 4.04. The van der Waals surface area contributed by atoms with E-state index < -0.39 is 0 Å². The average molecular weight is 184 g/mol. The largest absolute Gasteiger partial charge is 0.473 e. The quantitative estimate of drug-likeness (QED) is 0.757. The van der Waals surface area contributed by atoms with Gasteiger partial charge in [0.05, 0.1) is 12.6 Å². The van der Waals surface area contributed by atoms with E-state index in [1.807, 2.05) is 6.20 Å². The third-order valence-electron chi connectivity index (χ3n) is 2.40. The number of nitrogens with two attached hydrogens (primary N) is 1. The van der Waals surface area contributed by atoms with Gasteiger partial charge in [0.15, 0.2) is 0 Å². The summed E-state index contributed by atoms with van der Waals surface area (Å²) in [6.45, 7) is 0. The zero-order valence-electron chi connectivity index (χ0n) is 7.04. The highest BCUT2D eigenvalue weighted by Gasteiger charge is 2.36. The molecule has 66 valence electrons. The van der Waals surface area contributed by atoms with Crippen LogP contribution >= 0.6 is 11.3 Å². The van der Waals surface area contributed by atoms with E-state index >= 15 is 0 Å². The van der Waals surface area contributed by atoms with Crippen LogP contribution in [0.1, 0.15) is 24.1 Å². The number of ether oxygens (including phenoxy) is 1. The van der Waals surface area contributed by atoms with Gasteiger partial charge >= 0.3 is 0 Å². The van der Waals surface area contributed by atoms with E-state index in [1.54, 1.807) is 18.4 Å². The van der Waals surface area contributed by atoms with Gasteiger partial charge < -0.3 is 10.5 Å². The maximum absolute atomic E-state index is 6.11. The molecule has 0 amide bonds. The van der Waals surface area contributed by atoms with Crippen molar-refractivity contribution in [2.24, 2.45) is 5.73 Å². The van der Waals surface area contributed by atoms with Crippen LogP contribution in [0.2, 0.25) is 0 Å². The van der Waals surface area contributed by atoms with Gasteiger partial charge in [0.1, 0.15) is 0 Å². The standard InChI is InChI=1S/C8H12N2OS/c1-11-7-10-5-6(12-7)8(9)3-2-4-8/h5H,2-4,9H2,1H3. The number of hydrogen-bond acceptors (Lipinski definition) is 4. The van der Waals surface area contributed by atoms with Crippen molar-refractivity contribution in [3.05, 3.63) is 11.1 Å². The van der Waals surface area contributed by atoms with Crippen molar-refractivity contribution in [3.8, 4) is 5.19 Å². The molecule has 12 heavy (non-hydrogen) atoms. The van der Waals surface area contributed by atoms with Crippen LogP contribution in [0.3, 0.4) is 0 Å². The maximum Gasteiger partial charge on any atom is 0.273 e. The van der Waals surface area contributed by atoms with E-state index in [2.05, 4.69) is 4.98 Å². The predicted octanol–water partition coefficient (Wildman–Crippen LogP) is 1.49. The summed E-state index contributed by atoms with van der Waals surface area (Å²) in [5.74, 6) is 0.